The zero-order valence-corrected chi connectivity index (χ0v) is 38.9. The summed E-state index contributed by atoms with van der Waals surface area (Å²) in [5.41, 5.74) is 2.04. The van der Waals surface area contributed by atoms with Crippen molar-refractivity contribution < 1.29 is 54.0 Å². The monoisotopic (exact) mass is 929 g/mol. The number of aromatic hydroxyl groups is 3. The molecule has 1 aliphatic heterocycles. The lowest BCUT2D eigenvalue weighted by Crippen LogP contribution is -2.61. The quantitative estimate of drug-likeness (QED) is 0.106. The largest absolute Gasteiger partial charge is 0.508 e. The fraction of sp³-hybridized carbons (Fsp3) is 0.490. The molecule has 8 atom stereocenters. The van der Waals surface area contributed by atoms with Crippen molar-refractivity contribution in [2.75, 3.05) is 13.6 Å². The first-order valence-electron chi connectivity index (χ1n) is 23.0. The van der Waals surface area contributed by atoms with Gasteiger partial charge in [0.15, 0.2) is 0 Å². The van der Waals surface area contributed by atoms with Crippen molar-refractivity contribution in [2.45, 2.75) is 128 Å². The van der Waals surface area contributed by atoms with E-state index < -0.39 is 83.7 Å². The Labute approximate surface area is 391 Å². The Balaban J connectivity index is 1.71. The average molecular weight is 930 g/mol. The van der Waals surface area contributed by atoms with Crippen molar-refractivity contribution in [3.63, 3.8) is 0 Å². The van der Waals surface area contributed by atoms with E-state index in [1.54, 1.807) is 31.2 Å². The number of hydrogen-bond donors (Lipinski definition) is 10. The molecule has 0 aromatic heterocycles. The Bertz CT molecular complexity index is 2140. The van der Waals surface area contributed by atoms with Crippen LogP contribution in [0.25, 0.3) is 0 Å². The van der Waals surface area contributed by atoms with Gasteiger partial charge >= 0.3 is 12.0 Å². The van der Waals surface area contributed by atoms with Crippen LogP contribution in [0.3, 0.4) is 0 Å². The summed E-state index contributed by atoms with van der Waals surface area (Å²) in [6.45, 7) is 7.41. The lowest BCUT2D eigenvalue weighted by atomic mass is 9.95. The highest BCUT2D eigenvalue weighted by Crippen LogP contribution is 2.20. The fourth-order valence-corrected chi connectivity index (χ4v) is 7.76. The zero-order chi connectivity index (χ0) is 49.2. The number of urea groups is 1. The van der Waals surface area contributed by atoms with E-state index >= 15 is 0 Å². The zero-order valence-electron chi connectivity index (χ0n) is 38.9. The molecule has 7 amide bonds. The van der Waals surface area contributed by atoms with Crippen LogP contribution >= 0.6 is 0 Å². The number of carbonyl (C=O) groups excluding carboxylic acids is 6. The van der Waals surface area contributed by atoms with Crippen LogP contribution < -0.4 is 31.9 Å². The van der Waals surface area contributed by atoms with Crippen LogP contribution in [0, 0.1) is 11.8 Å². The molecule has 0 radical (unpaired) electrons. The number of phenolic OH excluding ortho intramolecular Hbond substituents is 3. The number of nitrogens with zero attached hydrogens (tertiary/aromatic N) is 1. The topological polar surface area (TPSA) is 276 Å². The van der Waals surface area contributed by atoms with Gasteiger partial charge in [0.05, 0.1) is 0 Å². The summed E-state index contributed by atoms with van der Waals surface area (Å²) in [6, 6.07) is 10.4. The molecule has 1 fully saturated rings. The third kappa shape index (κ3) is 16.2. The van der Waals surface area contributed by atoms with Gasteiger partial charge in [-0.05, 0) is 110 Å². The molecule has 1 unspecified atom stereocenters. The normalized spacial score (nSPS) is 21.7. The Hall–Kier alpha value is -6.85. The van der Waals surface area contributed by atoms with Gasteiger partial charge in [0, 0.05) is 20.0 Å². The van der Waals surface area contributed by atoms with Crippen molar-refractivity contribution in [3.05, 3.63) is 89.5 Å². The van der Waals surface area contributed by atoms with Gasteiger partial charge in [-0.2, -0.15) is 0 Å². The first kappa shape index (κ1) is 52.8. The van der Waals surface area contributed by atoms with E-state index in [4.69, 9.17) is 0 Å². The molecule has 10 N–H and O–H groups in total. The first-order chi connectivity index (χ1) is 31.9. The second-order valence-corrected chi connectivity index (χ2v) is 17.4. The SMILES string of the molecule is CC[C@H](C)C1NC(=O)[C@H](NC(=O)N[C@@H](Cc2ccc(O)cc2)C(=O)O)CCCCNC(=O)[C@H]([C@@H](C)CC)NC(=O)[C@H](CCc2ccc(O)cc2)N(C)C(=O)[C@H](CCc2ccc(O)cc2)NC1=O. The molecule has 1 saturated heterocycles. The van der Waals surface area contributed by atoms with Crippen molar-refractivity contribution in [1.82, 2.24) is 36.8 Å². The summed E-state index contributed by atoms with van der Waals surface area (Å²) in [6.07, 6.45) is 2.18. The number of benzene rings is 3. The summed E-state index contributed by atoms with van der Waals surface area (Å²) in [4.78, 5) is 98.7. The van der Waals surface area contributed by atoms with Crippen molar-refractivity contribution in [3.8, 4) is 17.2 Å². The van der Waals surface area contributed by atoms with E-state index in [0.717, 1.165) is 11.1 Å². The maximum Gasteiger partial charge on any atom is 0.326 e. The van der Waals surface area contributed by atoms with Gasteiger partial charge < -0.3 is 57.2 Å². The Morgan fingerprint density at radius 1 is 0.672 bits per heavy atom. The lowest BCUT2D eigenvalue weighted by Gasteiger charge is -2.34. The van der Waals surface area contributed by atoms with Crippen LogP contribution in [0.2, 0.25) is 0 Å². The van der Waals surface area contributed by atoms with Crippen LogP contribution in [0.4, 0.5) is 4.79 Å². The molecule has 1 aliphatic rings. The van der Waals surface area contributed by atoms with Gasteiger partial charge in [-0.3, -0.25) is 24.0 Å². The summed E-state index contributed by atoms with van der Waals surface area (Å²) in [7, 11) is 1.46. The van der Waals surface area contributed by atoms with E-state index in [1.165, 1.54) is 60.5 Å². The minimum atomic E-state index is -1.41. The number of carboxylic acids is 1. The van der Waals surface area contributed by atoms with E-state index in [9.17, 15) is 54.0 Å². The van der Waals surface area contributed by atoms with Gasteiger partial charge in [0.1, 0.15) is 53.5 Å². The smallest absolute Gasteiger partial charge is 0.326 e. The molecule has 0 bridgehead atoms. The number of amides is 7. The highest BCUT2D eigenvalue weighted by Gasteiger charge is 2.37. The Morgan fingerprint density at radius 3 is 1.69 bits per heavy atom. The number of phenols is 3. The summed E-state index contributed by atoms with van der Waals surface area (Å²) in [5, 5.41) is 55.8. The highest BCUT2D eigenvalue weighted by molar-refractivity contribution is 5.96. The van der Waals surface area contributed by atoms with Crippen molar-refractivity contribution >= 4 is 41.5 Å². The van der Waals surface area contributed by atoms with E-state index in [1.807, 2.05) is 20.8 Å². The average Bonchev–Trinajstić information content (AvgIpc) is 3.30. The predicted octanol–water partition coefficient (Wildman–Crippen LogP) is 3.41. The molecule has 1 heterocycles. The number of likely N-dealkylation sites (N-methyl/N-ethyl adjacent to an activating group) is 1. The second-order valence-electron chi connectivity index (χ2n) is 17.4. The minimum Gasteiger partial charge on any atom is -0.508 e. The summed E-state index contributed by atoms with van der Waals surface area (Å²) in [5.74, 6) is -5.17. The second kappa shape index (κ2) is 25.7. The van der Waals surface area contributed by atoms with Gasteiger partial charge in [-0.25, -0.2) is 9.59 Å². The van der Waals surface area contributed by atoms with Gasteiger partial charge in [0.25, 0.3) is 0 Å². The Kier molecular flexibility index (Phi) is 20.3. The van der Waals surface area contributed by atoms with E-state index in [0.29, 0.717) is 31.2 Å². The summed E-state index contributed by atoms with van der Waals surface area (Å²) < 4.78 is 0. The molecule has 18 nitrogen and oxygen atoms in total. The van der Waals surface area contributed by atoms with Gasteiger partial charge in [-0.15, -0.1) is 0 Å². The maximum atomic E-state index is 14.8. The first-order valence-corrected chi connectivity index (χ1v) is 23.0. The molecule has 364 valence electrons. The summed E-state index contributed by atoms with van der Waals surface area (Å²) >= 11 is 0. The number of hydrogen-bond acceptors (Lipinski definition) is 10. The number of carboxylic acid groups (broad SMARTS) is 1. The standard InChI is InChI=1S/C49H67N7O11/c1-6-29(3)41-45(62)50-27-9-8-10-37(52-49(67)53-39(48(65)66)28-33-15-23-36(59)24-16-33)43(60)54-42(30(4)7-2)46(63)51-38(25-17-31-11-19-34(57)20-12-31)47(64)56(5)40(44(61)55-41)26-18-32-13-21-35(58)22-14-32/h11-16,19-24,29-30,37-42,57-59H,6-10,17-18,25-28H2,1-5H3,(H,50,62)(H,51,63)(H,54,60)(H,55,61)(H,65,66)(H2,52,53,67)/t29-,30-,37+,38-,39-,40-,41-,42?/m0/s1. The third-order valence-corrected chi connectivity index (χ3v) is 12.4. The number of aryl methyl sites for hydroxylation is 2. The molecule has 0 spiro atoms. The highest BCUT2D eigenvalue weighted by atomic mass is 16.4. The lowest BCUT2D eigenvalue weighted by molar-refractivity contribution is -0.143. The number of aliphatic carboxylic acids is 1. The van der Waals surface area contributed by atoms with Crippen LogP contribution in [-0.2, 0) is 48.0 Å². The van der Waals surface area contributed by atoms with Crippen molar-refractivity contribution in [2.24, 2.45) is 11.8 Å². The molecular formula is C49H67N7O11. The molecule has 0 saturated carbocycles. The molecule has 3 aromatic rings. The third-order valence-electron chi connectivity index (χ3n) is 12.4. The number of rotatable bonds is 15. The maximum absolute atomic E-state index is 14.8. The number of carbonyl (C=O) groups is 7. The predicted molar refractivity (Wildman–Crippen MR) is 250 cm³/mol. The molecule has 0 aliphatic carbocycles. The van der Waals surface area contributed by atoms with Crippen LogP contribution in [0.15, 0.2) is 72.8 Å². The molecule has 18 heteroatoms. The van der Waals surface area contributed by atoms with Crippen LogP contribution in [0.5, 0.6) is 17.2 Å². The molecular weight excluding hydrogens is 863 g/mol. The van der Waals surface area contributed by atoms with Gasteiger partial charge in [-0.1, -0.05) is 76.9 Å². The van der Waals surface area contributed by atoms with E-state index in [-0.39, 0.29) is 68.2 Å². The molecule has 67 heavy (non-hydrogen) atoms. The number of nitrogens with one attached hydrogen (secondary N) is 6. The molecule has 3 aromatic carbocycles. The Morgan fingerprint density at radius 2 is 1.16 bits per heavy atom. The van der Waals surface area contributed by atoms with Crippen LogP contribution in [0.1, 0.15) is 89.3 Å². The van der Waals surface area contributed by atoms with Crippen LogP contribution in [-0.4, -0.2) is 117 Å². The van der Waals surface area contributed by atoms with Crippen molar-refractivity contribution in [1.29, 1.82) is 0 Å². The fourth-order valence-electron chi connectivity index (χ4n) is 7.76. The van der Waals surface area contributed by atoms with Gasteiger partial charge in [0.2, 0.25) is 29.5 Å². The van der Waals surface area contributed by atoms with E-state index in [2.05, 4.69) is 31.9 Å². The minimum absolute atomic E-state index is 0.0182. The molecule has 4 rings (SSSR count).